The monoisotopic (exact) mass is 404 g/mol. The Balaban J connectivity index is 1.48. The van der Waals surface area contributed by atoms with Gasteiger partial charge in [-0.3, -0.25) is 4.79 Å². The summed E-state index contributed by atoms with van der Waals surface area (Å²) >= 11 is 0. The van der Waals surface area contributed by atoms with Crippen LogP contribution in [0.4, 0.5) is 0 Å². The lowest BCUT2D eigenvalue weighted by Crippen LogP contribution is -2.55. The van der Waals surface area contributed by atoms with Gasteiger partial charge in [-0.15, -0.1) is 0 Å². The van der Waals surface area contributed by atoms with Gasteiger partial charge in [0.05, 0.1) is 0 Å². The lowest BCUT2D eigenvalue weighted by atomic mass is 9.45. The first kappa shape index (κ1) is 21.1. The summed E-state index contributed by atoms with van der Waals surface area (Å²) in [5.74, 6) is 3.75. The highest BCUT2D eigenvalue weighted by Gasteiger charge is 2.60. The number of fused-ring (bicyclic) bond motifs is 5. The van der Waals surface area contributed by atoms with Gasteiger partial charge >= 0.3 is 0 Å². The fraction of sp³-hybridized carbons (Fsp3) is 0.960. The van der Waals surface area contributed by atoms with Crippen LogP contribution >= 0.6 is 0 Å². The standard InChI is InChI=1S/C25H44O2Si/c1-23(2,3)28(6,7)27-18-12-14-24(4)17(16-18)8-9-19-20-10-11-22(26)25(20,5)15-13-21(19)24/h17-21H,8-16H2,1-7H3/t17?,18-,19+,20+,21+,24+,25+/m1/s1. The van der Waals surface area contributed by atoms with Crippen molar-refractivity contribution in [3.63, 3.8) is 0 Å². The van der Waals surface area contributed by atoms with Crippen molar-refractivity contribution in [3.8, 4) is 0 Å². The zero-order chi connectivity index (χ0) is 20.5. The SMILES string of the molecule is CC(C)(C)[Si](C)(C)O[C@@H]1CC[C@@]2(C)C(CC[C@@H]3[C@@H]2CC[C@]2(C)C(=O)CC[C@@H]32)C1. The summed E-state index contributed by atoms with van der Waals surface area (Å²) in [5, 5.41) is 0.300. The van der Waals surface area contributed by atoms with E-state index in [9.17, 15) is 4.79 Å². The molecule has 3 heteroatoms. The van der Waals surface area contributed by atoms with Crippen molar-refractivity contribution in [1.82, 2.24) is 0 Å². The molecule has 4 aliphatic rings. The van der Waals surface area contributed by atoms with Gasteiger partial charge in [0.15, 0.2) is 8.32 Å². The highest BCUT2D eigenvalue weighted by Crippen LogP contribution is 2.65. The lowest BCUT2D eigenvalue weighted by Gasteiger charge is -2.60. The molecule has 2 nitrogen and oxygen atoms in total. The van der Waals surface area contributed by atoms with Crippen LogP contribution in [0.5, 0.6) is 0 Å². The summed E-state index contributed by atoms with van der Waals surface area (Å²) in [6, 6.07) is 0. The third kappa shape index (κ3) is 3.09. The molecule has 0 heterocycles. The summed E-state index contributed by atoms with van der Waals surface area (Å²) in [6.07, 6.45) is 11.6. The number of ketones is 1. The Morgan fingerprint density at radius 3 is 2.36 bits per heavy atom. The van der Waals surface area contributed by atoms with Crippen LogP contribution in [0.1, 0.15) is 92.4 Å². The zero-order valence-electron chi connectivity index (χ0n) is 19.6. The average molecular weight is 405 g/mol. The fourth-order valence-electron chi connectivity index (χ4n) is 7.69. The van der Waals surface area contributed by atoms with Gasteiger partial charge in [-0.1, -0.05) is 34.6 Å². The van der Waals surface area contributed by atoms with E-state index in [2.05, 4.69) is 47.7 Å². The molecule has 4 rings (SSSR count). The summed E-state index contributed by atoms with van der Waals surface area (Å²) in [7, 11) is -1.68. The molecule has 0 spiro atoms. The summed E-state index contributed by atoms with van der Waals surface area (Å²) in [6.45, 7) is 16.8. The van der Waals surface area contributed by atoms with Crippen LogP contribution in [0.25, 0.3) is 0 Å². The van der Waals surface area contributed by atoms with E-state index in [1.807, 2.05) is 0 Å². The molecule has 0 saturated heterocycles. The molecule has 0 amide bonds. The van der Waals surface area contributed by atoms with Crippen LogP contribution < -0.4 is 0 Å². The van der Waals surface area contributed by atoms with E-state index in [-0.39, 0.29) is 5.41 Å². The molecule has 0 aromatic carbocycles. The van der Waals surface area contributed by atoms with Crippen LogP contribution in [0.15, 0.2) is 0 Å². The molecule has 0 aromatic rings. The van der Waals surface area contributed by atoms with Crippen molar-refractivity contribution < 1.29 is 9.22 Å². The molecule has 1 unspecified atom stereocenters. The van der Waals surface area contributed by atoms with E-state index in [0.717, 1.165) is 30.6 Å². The number of carbonyl (C=O) groups is 1. The first-order chi connectivity index (χ1) is 12.9. The Hall–Kier alpha value is -0.153. The van der Waals surface area contributed by atoms with Crippen molar-refractivity contribution in [3.05, 3.63) is 0 Å². The van der Waals surface area contributed by atoms with E-state index >= 15 is 0 Å². The van der Waals surface area contributed by atoms with Crippen LogP contribution in [0.3, 0.4) is 0 Å². The zero-order valence-corrected chi connectivity index (χ0v) is 20.6. The van der Waals surface area contributed by atoms with E-state index in [4.69, 9.17) is 4.43 Å². The lowest BCUT2D eigenvalue weighted by molar-refractivity contribution is -0.141. The molecule has 4 aliphatic carbocycles. The number of carbonyl (C=O) groups excluding carboxylic acids is 1. The van der Waals surface area contributed by atoms with Gasteiger partial charge in [-0.2, -0.15) is 0 Å². The van der Waals surface area contributed by atoms with Crippen molar-refractivity contribution in [1.29, 1.82) is 0 Å². The van der Waals surface area contributed by atoms with Gasteiger partial charge in [0, 0.05) is 17.9 Å². The third-order valence-electron chi connectivity index (χ3n) is 10.6. The second-order valence-corrected chi connectivity index (χ2v) is 17.6. The van der Waals surface area contributed by atoms with Gasteiger partial charge in [-0.05, 0) is 98.6 Å². The van der Waals surface area contributed by atoms with Crippen molar-refractivity contribution >= 4 is 14.1 Å². The Labute approximate surface area is 174 Å². The second-order valence-electron chi connectivity index (χ2n) is 12.8. The number of Topliss-reactive ketones (excluding diaryl/α,β-unsaturated/α-hetero) is 1. The van der Waals surface area contributed by atoms with Gasteiger partial charge in [0.2, 0.25) is 0 Å². The Bertz CT molecular complexity index is 635. The molecule has 4 saturated carbocycles. The van der Waals surface area contributed by atoms with Gasteiger partial charge < -0.3 is 4.43 Å². The Morgan fingerprint density at radius 2 is 1.68 bits per heavy atom. The van der Waals surface area contributed by atoms with Crippen molar-refractivity contribution in [2.75, 3.05) is 0 Å². The van der Waals surface area contributed by atoms with Crippen LogP contribution in [0, 0.1) is 34.5 Å². The van der Waals surface area contributed by atoms with E-state index in [1.165, 1.54) is 44.9 Å². The summed E-state index contributed by atoms with van der Waals surface area (Å²) in [5.41, 5.74) is 0.510. The molecule has 0 N–H and O–H groups in total. The minimum absolute atomic E-state index is 0.0208. The quantitative estimate of drug-likeness (QED) is 0.464. The largest absolute Gasteiger partial charge is 0.414 e. The predicted molar refractivity (Wildman–Crippen MR) is 119 cm³/mol. The molecule has 160 valence electrons. The summed E-state index contributed by atoms with van der Waals surface area (Å²) in [4.78, 5) is 12.6. The number of hydrogen-bond donors (Lipinski definition) is 0. The van der Waals surface area contributed by atoms with Crippen LogP contribution in [-0.2, 0) is 9.22 Å². The smallest absolute Gasteiger partial charge is 0.192 e. The third-order valence-corrected chi connectivity index (χ3v) is 15.1. The second kappa shape index (κ2) is 6.67. The highest BCUT2D eigenvalue weighted by molar-refractivity contribution is 6.74. The van der Waals surface area contributed by atoms with E-state index in [0.29, 0.717) is 28.3 Å². The average Bonchev–Trinajstić information content (AvgIpc) is 2.89. The molecule has 0 aromatic heterocycles. The minimum atomic E-state index is -1.68. The van der Waals surface area contributed by atoms with Gasteiger partial charge in [-0.25, -0.2) is 0 Å². The maximum absolute atomic E-state index is 12.6. The topological polar surface area (TPSA) is 26.3 Å². The Morgan fingerprint density at radius 1 is 0.964 bits per heavy atom. The molecular weight excluding hydrogens is 360 g/mol. The first-order valence-electron chi connectivity index (χ1n) is 12.1. The molecular formula is C25H44O2Si. The summed E-state index contributed by atoms with van der Waals surface area (Å²) < 4.78 is 6.87. The minimum Gasteiger partial charge on any atom is -0.414 e. The van der Waals surface area contributed by atoms with Crippen molar-refractivity contribution in [2.45, 2.75) is 117 Å². The van der Waals surface area contributed by atoms with Crippen LogP contribution in [0.2, 0.25) is 18.1 Å². The normalized spacial score (nSPS) is 46.7. The maximum Gasteiger partial charge on any atom is 0.192 e. The molecule has 0 radical (unpaired) electrons. The van der Waals surface area contributed by atoms with Gasteiger partial charge in [0.25, 0.3) is 0 Å². The fourth-order valence-corrected chi connectivity index (χ4v) is 9.09. The predicted octanol–water partition coefficient (Wildman–Crippen LogP) is 6.99. The Kier molecular flexibility index (Phi) is 5.03. The number of rotatable bonds is 2. The molecule has 0 aliphatic heterocycles. The molecule has 28 heavy (non-hydrogen) atoms. The number of hydrogen-bond acceptors (Lipinski definition) is 2. The molecule has 7 atom stereocenters. The van der Waals surface area contributed by atoms with Crippen molar-refractivity contribution in [2.24, 2.45) is 34.5 Å². The van der Waals surface area contributed by atoms with E-state index in [1.54, 1.807) is 0 Å². The molecule has 0 bridgehead atoms. The van der Waals surface area contributed by atoms with Gasteiger partial charge in [0.1, 0.15) is 5.78 Å². The molecule has 4 fully saturated rings. The maximum atomic E-state index is 12.6. The van der Waals surface area contributed by atoms with E-state index < -0.39 is 8.32 Å². The van der Waals surface area contributed by atoms with Crippen LogP contribution in [-0.4, -0.2) is 20.2 Å². The first-order valence-corrected chi connectivity index (χ1v) is 15.0. The highest BCUT2D eigenvalue weighted by atomic mass is 28.4.